The summed E-state index contributed by atoms with van der Waals surface area (Å²) < 4.78 is 0. The maximum Gasteiger partial charge on any atom is 0.315 e. The molecule has 6 aromatic rings. The van der Waals surface area contributed by atoms with E-state index in [1.54, 1.807) is 48.5 Å². The van der Waals surface area contributed by atoms with Crippen LogP contribution in [0.25, 0.3) is 44.3 Å². The smallest absolute Gasteiger partial charge is 0.315 e. The van der Waals surface area contributed by atoms with Gasteiger partial charge < -0.3 is 20.4 Å². The average molecular weight is 591 g/mol. The van der Waals surface area contributed by atoms with E-state index in [9.17, 15) is 45.4 Å². The number of ketones is 1. The Balaban J connectivity index is 1.66. The van der Waals surface area contributed by atoms with Crippen LogP contribution >= 0.6 is 0 Å². The van der Waals surface area contributed by atoms with Crippen LogP contribution in [0.4, 0.5) is 11.4 Å². The molecule has 0 atom stereocenters. The molecule has 2 aromatic heterocycles. The molecule has 6 rings (SSSR count). The second-order valence-electron chi connectivity index (χ2n) is 9.72. The zero-order valence-electron chi connectivity index (χ0n) is 22.2. The van der Waals surface area contributed by atoms with Crippen molar-refractivity contribution in [2.24, 2.45) is 0 Å². The zero-order valence-corrected chi connectivity index (χ0v) is 22.2. The molecule has 2 heterocycles. The maximum absolute atomic E-state index is 14.5. The molecule has 13 nitrogen and oxygen atoms in total. The fourth-order valence-corrected chi connectivity index (χ4v) is 4.92. The number of fused-ring (bicyclic) bond motifs is 2. The first-order valence-corrected chi connectivity index (χ1v) is 12.8. The van der Waals surface area contributed by atoms with Gasteiger partial charge in [-0.3, -0.25) is 25.0 Å². The van der Waals surface area contributed by atoms with Gasteiger partial charge in [0.05, 0.1) is 32.3 Å². The lowest BCUT2D eigenvalue weighted by atomic mass is 9.92. The SMILES string of the molecule is O=C(c1cc2ccccc2nc1-c1cc(O)c(O)c([N+](=O)[O-])c1)c1cc2ccccc2nc1-c1cc(O)c(O)c([N+](=O)[O-])c1. The van der Waals surface area contributed by atoms with Crippen LogP contribution in [0.1, 0.15) is 15.9 Å². The molecule has 13 heteroatoms. The van der Waals surface area contributed by atoms with Gasteiger partial charge in [0.25, 0.3) is 0 Å². The number of nitro benzene ring substituents is 2. The number of carbonyl (C=O) groups excluding carboxylic acids is 1. The molecule has 4 aromatic carbocycles. The van der Waals surface area contributed by atoms with Gasteiger partial charge in [-0.15, -0.1) is 0 Å². The number of aromatic nitrogens is 2. The first kappa shape index (κ1) is 27.5. The predicted molar refractivity (Wildman–Crippen MR) is 158 cm³/mol. The van der Waals surface area contributed by atoms with Crippen molar-refractivity contribution in [2.45, 2.75) is 0 Å². The molecule has 0 saturated carbocycles. The molecule has 44 heavy (non-hydrogen) atoms. The van der Waals surface area contributed by atoms with Gasteiger partial charge in [0, 0.05) is 45.2 Å². The van der Waals surface area contributed by atoms with E-state index in [2.05, 4.69) is 9.97 Å². The van der Waals surface area contributed by atoms with Gasteiger partial charge in [0.15, 0.2) is 17.3 Å². The van der Waals surface area contributed by atoms with Crippen LogP contribution in [-0.2, 0) is 0 Å². The van der Waals surface area contributed by atoms with Crippen molar-refractivity contribution in [3.63, 3.8) is 0 Å². The van der Waals surface area contributed by atoms with Crippen molar-refractivity contribution in [1.82, 2.24) is 9.97 Å². The number of pyridine rings is 2. The summed E-state index contributed by atoms with van der Waals surface area (Å²) in [7, 11) is 0. The maximum atomic E-state index is 14.5. The second kappa shape index (κ2) is 10.3. The summed E-state index contributed by atoms with van der Waals surface area (Å²) in [4.78, 5) is 45.1. The van der Waals surface area contributed by atoms with Gasteiger partial charge in [-0.1, -0.05) is 36.4 Å². The highest BCUT2D eigenvalue weighted by atomic mass is 16.6. The Morgan fingerprint density at radius 2 is 0.977 bits per heavy atom. The van der Waals surface area contributed by atoms with E-state index in [1.165, 1.54) is 12.1 Å². The number of nitro groups is 2. The lowest BCUT2D eigenvalue weighted by Crippen LogP contribution is -2.09. The van der Waals surface area contributed by atoms with E-state index in [1.807, 2.05) is 0 Å². The third-order valence-corrected chi connectivity index (χ3v) is 7.02. The van der Waals surface area contributed by atoms with Crippen LogP contribution in [0.3, 0.4) is 0 Å². The van der Waals surface area contributed by atoms with Gasteiger partial charge in [0.2, 0.25) is 11.5 Å². The Morgan fingerprint density at radius 3 is 1.36 bits per heavy atom. The van der Waals surface area contributed by atoms with Crippen molar-refractivity contribution in [1.29, 1.82) is 0 Å². The summed E-state index contributed by atoms with van der Waals surface area (Å²) in [6.07, 6.45) is 0. The lowest BCUT2D eigenvalue weighted by Gasteiger charge is -2.15. The Labute approximate surface area is 245 Å². The number of phenols is 4. The van der Waals surface area contributed by atoms with E-state index >= 15 is 0 Å². The highest BCUT2D eigenvalue weighted by molar-refractivity contribution is 6.17. The van der Waals surface area contributed by atoms with E-state index in [-0.39, 0.29) is 33.6 Å². The molecular weight excluding hydrogens is 572 g/mol. The first-order valence-electron chi connectivity index (χ1n) is 12.8. The molecule has 0 fully saturated rings. The molecule has 0 spiro atoms. The number of rotatable bonds is 6. The fraction of sp³-hybridized carbons (Fsp3) is 0. The number of benzene rings is 4. The third-order valence-electron chi connectivity index (χ3n) is 7.02. The van der Waals surface area contributed by atoms with E-state index in [4.69, 9.17) is 0 Å². The normalized spacial score (nSPS) is 11.1. The fourth-order valence-electron chi connectivity index (χ4n) is 4.92. The summed E-state index contributed by atoms with van der Waals surface area (Å²) in [5.74, 6) is -4.22. The van der Waals surface area contributed by atoms with Gasteiger partial charge in [0.1, 0.15) is 0 Å². The van der Waals surface area contributed by atoms with E-state index in [0.29, 0.717) is 21.8 Å². The summed E-state index contributed by atoms with van der Waals surface area (Å²) in [6, 6.07) is 20.6. The number of nitrogens with zero attached hydrogens (tertiary/aromatic N) is 4. The minimum Gasteiger partial charge on any atom is -0.504 e. The molecule has 0 saturated heterocycles. The number of phenolic OH excluding ortho intramolecular Hbond substituents is 4. The van der Waals surface area contributed by atoms with Gasteiger partial charge in [-0.2, -0.15) is 0 Å². The second-order valence-corrected chi connectivity index (χ2v) is 9.72. The number of hydrogen-bond acceptors (Lipinski definition) is 11. The number of carbonyl (C=O) groups is 1. The first-order chi connectivity index (χ1) is 21.0. The zero-order chi connectivity index (χ0) is 31.3. The quantitative estimate of drug-likeness (QED) is 0.0766. The largest absolute Gasteiger partial charge is 0.504 e. The van der Waals surface area contributed by atoms with E-state index < -0.39 is 50.0 Å². The number of para-hydroxylation sites is 2. The Bertz CT molecular complexity index is 2060. The van der Waals surface area contributed by atoms with Crippen molar-refractivity contribution >= 4 is 39.0 Å². The molecule has 4 N–H and O–H groups in total. The molecule has 0 aliphatic heterocycles. The van der Waals surface area contributed by atoms with Gasteiger partial charge in [-0.25, -0.2) is 9.97 Å². The Hall–Kier alpha value is -6.63. The summed E-state index contributed by atoms with van der Waals surface area (Å²) in [5.41, 5.74) is -1.14. The molecule has 0 aliphatic rings. The predicted octanol–water partition coefficient (Wildman–Crippen LogP) is 5.99. The van der Waals surface area contributed by atoms with Crippen LogP contribution in [0.2, 0.25) is 0 Å². The minimum atomic E-state index is -0.956. The molecule has 0 amide bonds. The molecule has 0 aliphatic carbocycles. The number of aromatic hydroxyl groups is 4. The lowest BCUT2D eigenvalue weighted by molar-refractivity contribution is -0.386. The minimum absolute atomic E-state index is 0.0469. The van der Waals surface area contributed by atoms with E-state index in [0.717, 1.165) is 24.3 Å². The van der Waals surface area contributed by atoms with Gasteiger partial charge in [-0.05, 0) is 36.4 Å². The standard InChI is InChI=1S/C31H18N4O9/c36-25-13-17(11-23(30(25)39)34(41)42)27-19(9-15-5-1-3-7-21(15)32-27)29(38)20-10-16-6-2-4-8-22(16)33-28(20)18-12-24(35(43)44)31(40)26(37)14-18/h1-14,36-37,39-40H. The van der Waals surface area contributed by atoms with Crippen LogP contribution in [0, 0.1) is 20.2 Å². The number of hydrogen-bond donors (Lipinski definition) is 4. The van der Waals surface area contributed by atoms with Crippen molar-refractivity contribution in [3.05, 3.63) is 116 Å². The summed E-state index contributed by atoms with van der Waals surface area (Å²) in [6.45, 7) is 0. The van der Waals surface area contributed by atoms with Crippen LogP contribution in [0.5, 0.6) is 23.0 Å². The van der Waals surface area contributed by atoms with Crippen molar-refractivity contribution < 1.29 is 35.1 Å². The Morgan fingerprint density at radius 1 is 0.591 bits per heavy atom. The average Bonchev–Trinajstić information content (AvgIpc) is 3.01. The van der Waals surface area contributed by atoms with Crippen LogP contribution in [-0.4, -0.2) is 46.0 Å². The molecule has 216 valence electrons. The highest BCUT2D eigenvalue weighted by Crippen LogP contribution is 2.43. The Kier molecular flexibility index (Phi) is 6.46. The highest BCUT2D eigenvalue weighted by Gasteiger charge is 2.28. The molecule has 0 unspecified atom stereocenters. The summed E-state index contributed by atoms with van der Waals surface area (Å²) in [5, 5.41) is 65.0. The summed E-state index contributed by atoms with van der Waals surface area (Å²) >= 11 is 0. The van der Waals surface area contributed by atoms with Crippen molar-refractivity contribution in [3.8, 4) is 45.5 Å². The molecule has 0 radical (unpaired) electrons. The molecular formula is C31H18N4O9. The monoisotopic (exact) mass is 590 g/mol. The topological polar surface area (TPSA) is 210 Å². The third kappa shape index (κ3) is 4.59. The molecule has 0 bridgehead atoms. The van der Waals surface area contributed by atoms with Crippen LogP contribution in [0.15, 0.2) is 84.9 Å². The van der Waals surface area contributed by atoms with Crippen molar-refractivity contribution in [2.75, 3.05) is 0 Å². The van der Waals surface area contributed by atoms with Gasteiger partial charge >= 0.3 is 11.4 Å². The van der Waals surface area contributed by atoms with Crippen LogP contribution < -0.4 is 0 Å².